The predicted octanol–water partition coefficient (Wildman–Crippen LogP) is 1.71. The number of hydrogen-bond acceptors (Lipinski definition) is 4. The number of nitrogens with one attached hydrogen (secondary N) is 1. The van der Waals surface area contributed by atoms with Crippen LogP contribution in [0.1, 0.15) is 25.3 Å². The van der Waals surface area contributed by atoms with Gasteiger partial charge in [0, 0.05) is 18.4 Å². The molecule has 0 saturated carbocycles. The van der Waals surface area contributed by atoms with Crippen molar-refractivity contribution in [3.05, 3.63) is 23.8 Å². The zero-order valence-electron chi connectivity index (χ0n) is 10.5. The molecule has 0 unspecified atom stereocenters. The quantitative estimate of drug-likeness (QED) is 0.828. The number of carbonyl (C=O) groups is 1. The molecule has 1 aliphatic rings. The standard InChI is InChI=1S/C13H16N2O3/c1-3-13(16)15-14-11-6-7-18-12-5-4-9(17-2)8-10(11)12/h4-5,8H,3,6-7H2,1-2H3,(H,15,16)/b14-11-. The van der Waals surface area contributed by atoms with Crippen molar-refractivity contribution in [2.45, 2.75) is 19.8 Å². The Bertz CT molecular complexity index is 483. The summed E-state index contributed by atoms with van der Waals surface area (Å²) in [4.78, 5) is 11.2. The first-order valence-electron chi connectivity index (χ1n) is 5.91. The molecule has 0 spiro atoms. The van der Waals surface area contributed by atoms with Crippen molar-refractivity contribution in [2.75, 3.05) is 13.7 Å². The van der Waals surface area contributed by atoms with E-state index in [1.54, 1.807) is 14.0 Å². The number of hydrogen-bond donors (Lipinski definition) is 1. The molecule has 18 heavy (non-hydrogen) atoms. The summed E-state index contributed by atoms with van der Waals surface area (Å²) in [6.45, 7) is 2.36. The zero-order valence-corrected chi connectivity index (χ0v) is 10.5. The molecule has 1 aromatic carbocycles. The van der Waals surface area contributed by atoms with Gasteiger partial charge in [-0.1, -0.05) is 6.92 Å². The summed E-state index contributed by atoms with van der Waals surface area (Å²) in [7, 11) is 1.61. The second-order valence-electron chi connectivity index (χ2n) is 3.91. The van der Waals surface area contributed by atoms with Gasteiger partial charge in [0.25, 0.3) is 0 Å². The first-order chi connectivity index (χ1) is 8.74. The number of hydrazone groups is 1. The van der Waals surface area contributed by atoms with E-state index in [0.29, 0.717) is 19.4 Å². The Balaban J connectivity index is 2.28. The minimum atomic E-state index is -0.0987. The molecule has 0 saturated heterocycles. The molecule has 5 heteroatoms. The van der Waals surface area contributed by atoms with E-state index in [-0.39, 0.29) is 5.91 Å². The zero-order chi connectivity index (χ0) is 13.0. The van der Waals surface area contributed by atoms with Crippen LogP contribution in [0.3, 0.4) is 0 Å². The van der Waals surface area contributed by atoms with E-state index in [4.69, 9.17) is 9.47 Å². The van der Waals surface area contributed by atoms with Gasteiger partial charge >= 0.3 is 0 Å². The number of ether oxygens (including phenoxy) is 2. The lowest BCUT2D eigenvalue weighted by atomic mass is 10.0. The van der Waals surface area contributed by atoms with Crippen LogP contribution in [-0.2, 0) is 4.79 Å². The van der Waals surface area contributed by atoms with Gasteiger partial charge in [0.1, 0.15) is 11.5 Å². The third-order valence-corrected chi connectivity index (χ3v) is 2.73. The van der Waals surface area contributed by atoms with E-state index in [0.717, 1.165) is 22.8 Å². The average Bonchev–Trinajstić information content (AvgIpc) is 2.43. The highest BCUT2D eigenvalue weighted by molar-refractivity contribution is 6.04. The highest BCUT2D eigenvalue weighted by Crippen LogP contribution is 2.28. The van der Waals surface area contributed by atoms with Crippen LogP contribution in [0.25, 0.3) is 0 Å². The van der Waals surface area contributed by atoms with Gasteiger partial charge in [0.2, 0.25) is 5.91 Å². The largest absolute Gasteiger partial charge is 0.497 e. The lowest BCUT2D eigenvalue weighted by Crippen LogP contribution is -2.22. The fourth-order valence-corrected chi connectivity index (χ4v) is 1.70. The van der Waals surface area contributed by atoms with Crippen molar-refractivity contribution in [2.24, 2.45) is 5.10 Å². The molecular formula is C13H16N2O3. The molecule has 0 aliphatic carbocycles. The number of benzene rings is 1. The maximum Gasteiger partial charge on any atom is 0.239 e. The Labute approximate surface area is 106 Å². The van der Waals surface area contributed by atoms with Gasteiger partial charge in [-0.2, -0.15) is 5.10 Å². The second-order valence-corrected chi connectivity index (χ2v) is 3.91. The highest BCUT2D eigenvalue weighted by atomic mass is 16.5. The van der Waals surface area contributed by atoms with Gasteiger partial charge in [-0.3, -0.25) is 4.79 Å². The number of rotatable bonds is 3. The maximum atomic E-state index is 11.2. The lowest BCUT2D eigenvalue weighted by Gasteiger charge is -2.19. The van der Waals surface area contributed by atoms with Crippen molar-refractivity contribution >= 4 is 11.6 Å². The van der Waals surface area contributed by atoms with Crippen LogP contribution in [0.5, 0.6) is 11.5 Å². The van der Waals surface area contributed by atoms with Gasteiger partial charge in [0.05, 0.1) is 19.4 Å². The molecule has 0 aromatic heterocycles. The summed E-state index contributed by atoms with van der Waals surface area (Å²) in [6, 6.07) is 5.56. The summed E-state index contributed by atoms with van der Waals surface area (Å²) in [5, 5.41) is 4.15. The fourth-order valence-electron chi connectivity index (χ4n) is 1.70. The average molecular weight is 248 g/mol. The number of nitrogens with zero attached hydrogens (tertiary/aromatic N) is 1. The molecular weight excluding hydrogens is 232 g/mol. The van der Waals surface area contributed by atoms with Crippen molar-refractivity contribution < 1.29 is 14.3 Å². The molecule has 1 aromatic rings. The third kappa shape index (κ3) is 2.61. The molecule has 1 N–H and O–H groups in total. The third-order valence-electron chi connectivity index (χ3n) is 2.73. The lowest BCUT2D eigenvalue weighted by molar-refractivity contribution is -0.120. The van der Waals surface area contributed by atoms with Crippen molar-refractivity contribution in [1.29, 1.82) is 0 Å². The Kier molecular flexibility index (Phi) is 3.82. The van der Waals surface area contributed by atoms with Crippen molar-refractivity contribution in [3.8, 4) is 11.5 Å². The van der Waals surface area contributed by atoms with Gasteiger partial charge in [0.15, 0.2) is 0 Å². The predicted molar refractivity (Wildman–Crippen MR) is 68.1 cm³/mol. The van der Waals surface area contributed by atoms with Crippen LogP contribution >= 0.6 is 0 Å². The smallest absolute Gasteiger partial charge is 0.239 e. The Hall–Kier alpha value is -2.04. The topological polar surface area (TPSA) is 59.9 Å². The van der Waals surface area contributed by atoms with E-state index >= 15 is 0 Å². The first-order valence-corrected chi connectivity index (χ1v) is 5.91. The Morgan fingerprint density at radius 1 is 1.56 bits per heavy atom. The van der Waals surface area contributed by atoms with E-state index in [9.17, 15) is 4.79 Å². The molecule has 1 heterocycles. The number of carbonyl (C=O) groups excluding carboxylic acids is 1. The van der Waals surface area contributed by atoms with Gasteiger partial charge in [-0.05, 0) is 18.2 Å². The monoisotopic (exact) mass is 248 g/mol. The van der Waals surface area contributed by atoms with Crippen molar-refractivity contribution in [1.82, 2.24) is 5.43 Å². The summed E-state index contributed by atoms with van der Waals surface area (Å²) < 4.78 is 10.7. The molecule has 0 atom stereocenters. The van der Waals surface area contributed by atoms with Crippen LogP contribution in [-0.4, -0.2) is 25.3 Å². The van der Waals surface area contributed by atoms with Crippen LogP contribution in [0.2, 0.25) is 0 Å². The minimum Gasteiger partial charge on any atom is -0.497 e. The van der Waals surface area contributed by atoms with Gasteiger partial charge in [-0.25, -0.2) is 5.43 Å². The summed E-state index contributed by atoms with van der Waals surface area (Å²) in [6.07, 6.45) is 1.09. The van der Waals surface area contributed by atoms with Crippen LogP contribution < -0.4 is 14.9 Å². The molecule has 5 nitrogen and oxygen atoms in total. The fraction of sp³-hybridized carbons (Fsp3) is 0.385. The van der Waals surface area contributed by atoms with Crippen LogP contribution in [0.15, 0.2) is 23.3 Å². The van der Waals surface area contributed by atoms with Gasteiger partial charge in [-0.15, -0.1) is 0 Å². The number of methoxy groups -OCH3 is 1. The molecule has 96 valence electrons. The van der Waals surface area contributed by atoms with E-state index in [2.05, 4.69) is 10.5 Å². The van der Waals surface area contributed by atoms with E-state index < -0.39 is 0 Å². The molecule has 2 rings (SSSR count). The first kappa shape index (κ1) is 12.4. The maximum absolute atomic E-state index is 11.2. The summed E-state index contributed by atoms with van der Waals surface area (Å²) in [5.74, 6) is 1.42. The van der Waals surface area contributed by atoms with Crippen molar-refractivity contribution in [3.63, 3.8) is 0 Å². The summed E-state index contributed by atoms with van der Waals surface area (Å²) >= 11 is 0. The molecule has 1 aliphatic heterocycles. The SMILES string of the molecule is CCC(=O)N/N=C1/CCOc2ccc(OC)cc21. The number of amides is 1. The van der Waals surface area contributed by atoms with E-state index in [1.165, 1.54) is 0 Å². The molecule has 0 fully saturated rings. The minimum absolute atomic E-state index is 0.0987. The highest BCUT2D eigenvalue weighted by Gasteiger charge is 2.17. The van der Waals surface area contributed by atoms with Crippen LogP contribution in [0, 0.1) is 0 Å². The normalized spacial score (nSPS) is 15.8. The molecule has 0 bridgehead atoms. The van der Waals surface area contributed by atoms with Crippen LogP contribution in [0.4, 0.5) is 0 Å². The molecule has 0 radical (unpaired) electrons. The second kappa shape index (κ2) is 5.53. The Morgan fingerprint density at radius 2 is 2.39 bits per heavy atom. The number of fused-ring (bicyclic) bond motifs is 1. The molecule has 1 amide bonds. The van der Waals surface area contributed by atoms with Gasteiger partial charge < -0.3 is 9.47 Å². The Morgan fingerprint density at radius 3 is 3.11 bits per heavy atom. The van der Waals surface area contributed by atoms with E-state index in [1.807, 2.05) is 18.2 Å². The summed E-state index contributed by atoms with van der Waals surface area (Å²) in [5.41, 5.74) is 4.22.